The Morgan fingerprint density at radius 3 is 2.68 bits per heavy atom. The van der Waals surface area contributed by atoms with E-state index in [9.17, 15) is 4.79 Å². The molecule has 19 heavy (non-hydrogen) atoms. The van der Waals surface area contributed by atoms with E-state index in [2.05, 4.69) is 28.6 Å². The van der Waals surface area contributed by atoms with Crippen LogP contribution in [0.25, 0.3) is 0 Å². The number of anilines is 1. The van der Waals surface area contributed by atoms with Crippen LogP contribution in [0.2, 0.25) is 0 Å². The highest BCUT2D eigenvalue weighted by Gasteiger charge is 2.21. The number of hydrogen-bond acceptors (Lipinski definition) is 6. The Morgan fingerprint density at radius 1 is 1.47 bits per heavy atom. The second kappa shape index (κ2) is 6.47. The van der Waals surface area contributed by atoms with Crippen molar-refractivity contribution < 1.29 is 9.53 Å². The van der Waals surface area contributed by atoms with Crippen LogP contribution in [0.4, 0.5) is 5.82 Å². The molecule has 0 aliphatic carbocycles. The number of aromatic nitrogens is 2. The first-order valence-corrected chi connectivity index (χ1v) is 6.29. The van der Waals surface area contributed by atoms with Crippen LogP contribution in [-0.4, -0.2) is 42.7 Å². The van der Waals surface area contributed by atoms with Crippen LogP contribution in [0.1, 0.15) is 31.3 Å². The molecule has 0 amide bonds. The zero-order chi connectivity index (χ0) is 14.5. The van der Waals surface area contributed by atoms with E-state index in [-0.39, 0.29) is 11.1 Å². The molecule has 6 heteroatoms. The minimum atomic E-state index is -0.483. The average molecular weight is 266 g/mol. The van der Waals surface area contributed by atoms with Gasteiger partial charge in [0.15, 0.2) is 5.69 Å². The predicted molar refractivity (Wildman–Crippen MR) is 74.1 cm³/mol. The van der Waals surface area contributed by atoms with Crippen LogP contribution in [0.3, 0.4) is 0 Å². The summed E-state index contributed by atoms with van der Waals surface area (Å²) in [5.41, 5.74) is 5.93. The monoisotopic (exact) mass is 266 g/mol. The molecule has 1 aromatic heterocycles. The summed E-state index contributed by atoms with van der Waals surface area (Å²) in [4.78, 5) is 21.8. The summed E-state index contributed by atoms with van der Waals surface area (Å²) in [6, 6.07) is 0. The maximum Gasteiger partial charge on any atom is 0.358 e. The molecule has 0 aliphatic heterocycles. The molecule has 0 atom stereocenters. The fourth-order valence-corrected chi connectivity index (χ4v) is 1.65. The first-order valence-electron chi connectivity index (χ1n) is 6.29. The molecule has 0 saturated heterocycles. The number of esters is 1. The first-order chi connectivity index (χ1) is 8.93. The number of rotatable bonds is 6. The Balaban J connectivity index is 2.96. The average Bonchev–Trinajstić information content (AvgIpc) is 2.44. The topological polar surface area (TPSA) is 81.3 Å². The number of ether oxygens (including phenoxy) is 1. The molecule has 2 N–H and O–H groups in total. The highest BCUT2D eigenvalue weighted by molar-refractivity contribution is 5.87. The lowest BCUT2D eigenvalue weighted by atomic mass is 9.93. The van der Waals surface area contributed by atoms with E-state index in [4.69, 9.17) is 5.73 Å². The largest absolute Gasteiger partial charge is 0.464 e. The van der Waals surface area contributed by atoms with Gasteiger partial charge in [-0.3, -0.25) is 4.98 Å². The molecule has 0 aromatic carbocycles. The van der Waals surface area contributed by atoms with E-state index in [1.807, 2.05) is 11.8 Å². The van der Waals surface area contributed by atoms with Gasteiger partial charge in [-0.25, -0.2) is 9.78 Å². The van der Waals surface area contributed by atoms with Crippen molar-refractivity contribution in [2.24, 2.45) is 11.1 Å². The lowest BCUT2D eigenvalue weighted by molar-refractivity contribution is 0.0593. The van der Waals surface area contributed by atoms with Crippen molar-refractivity contribution in [3.63, 3.8) is 0 Å². The van der Waals surface area contributed by atoms with E-state index in [1.54, 1.807) is 6.20 Å². The molecule has 0 radical (unpaired) electrons. The quantitative estimate of drug-likeness (QED) is 0.776. The number of hydrogen-bond donors (Lipinski definition) is 1. The molecule has 1 heterocycles. The minimum Gasteiger partial charge on any atom is -0.464 e. The Labute approximate surface area is 114 Å². The van der Waals surface area contributed by atoms with Crippen molar-refractivity contribution in [2.45, 2.75) is 20.8 Å². The van der Waals surface area contributed by atoms with Gasteiger partial charge in [0.25, 0.3) is 0 Å². The van der Waals surface area contributed by atoms with Gasteiger partial charge in [0, 0.05) is 13.1 Å². The minimum absolute atomic E-state index is 0.0288. The Bertz CT molecular complexity index is 434. The van der Waals surface area contributed by atoms with Gasteiger partial charge in [-0.1, -0.05) is 13.8 Å². The lowest BCUT2D eigenvalue weighted by Gasteiger charge is -2.31. The van der Waals surface area contributed by atoms with Gasteiger partial charge >= 0.3 is 5.97 Å². The summed E-state index contributed by atoms with van der Waals surface area (Å²) in [5, 5.41) is 0. The fraction of sp³-hybridized carbons (Fsp3) is 0.615. The Hall–Kier alpha value is -1.69. The van der Waals surface area contributed by atoms with E-state index >= 15 is 0 Å². The SMILES string of the molecule is CCN(CC(C)(C)CN)c1cncc(C(=O)OC)n1. The molecule has 0 fully saturated rings. The highest BCUT2D eigenvalue weighted by Crippen LogP contribution is 2.19. The third kappa shape index (κ3) is 4.17. The molecule has 6 nitrogen and oxygen atoms in total. The number of nitrogens with zero attached hydrogens (tertiary/aromatic N) is 3. The van der Waals surface area contributed by atoms with Crippen molar-refractivity contribution in [1.82, 2.24) is 9.97 Å². The molecule has 1 aromatic rings. The lowest BCUT2D eigenvalue weighted by Crippen LogP contribution is -2.39. The molecule has 0 saturated carbocycles. The van der Waals surface area contributed by atoms with Crippen molar-refractivity contribution in [3.05, 3.63) is 18.1 Å². The van der Waals surface area contributed by atoms with Crippen LogP contribution in [0.15, 0.2) is 12.4 Å². The van der Waals surface area contributed by atoms with Crippen LogP contribution >= 0.6 is 0 Å². The highest BCUT2D eigenvalue weighted by atomic mass is 16.5. The maximum absolute atomic E-state index is 11.5. The number of nitrogens with two attached hydrogens (primary N) is 1. The maximum atomic E-state index is 11.5. The molecular formula is C13H22N4O2. The number of carbonyl (C=O) groups excluding carboxylic acids is 1. The van der Waals surface area contributed by atoms with Crippen LogP contribution in [0, 0.1) is 5.41 Å². The molecular weight excluding hydrogens is 244 g/mol. The third-order valence-corrected chi connectivity index (χ3v) is 2.89. The standard InChI is InChI=1S/C13H22N4O2/c1-5-17(9-13(2,3)8-14)11-7-15-6-10(16-11)12(18)19-4/h6-7H,5,8-9,14H2,1-4H3. The van der Waals surface area contributed by atoms with Gasteiger partial charge in [0.2, 0.25) is 0 Å². The molecule has 0 bridgehead atoms. The van der Waals surface area contributed by atoms with Gasteiger partial charge in [0.05, 0.1) is 19.5 Å². The molecule has 0 spiro atoms. The van der Waals surface area contributed by atoms with Crippen LogP contribution in [0.5, 0.6) is 0 Å². The summed E-state index contributed by atoms with van der Waals surface area (Å²) in [6.45, 7) is 8.30. The van der Waals surface area contributed by atoms with E-state index in [0.717, 1.165) is 13.1 Å². The Morgan fingerprint density at radius 2 is 2.16 bits per heavy atom. The smallest absolute Gasteiger partial charge is 0.358 e. The summed E-state index contributed by atoms with van der Waals surface area (Å²) >= 11 is 0. The summed E-state index contributed by atoms with van der Waals surface area (Å²) < 4.78 is 4.65. The summed E-state index contributed by atoms with van der Waals surface area (Å²) in [6.07, 6.45) is 3.04. The molecule has 106 valence electrons. The van der Waals surface area contributed by atoms with Gasteiger partial charge in [-0.2, -0.15) is 0 Å². The van der Waals surface area contributed by atoms with E-state index in [0.29, 0.717) is 12.4 Å². The fourth-order valence-electron chi connectivity index (χ4n) is 1.65. The van der Waals surface area contributed by atoms with E-state index in [1.165, 1.54) is 13.3 Å². The second-order valence-electron chi connectivity index (χ2n) is 5.14. The Kier molecular flexibility index (Phi) is 5.23. The van der Waals surface area contributed by atoms with Gasteiger partial charge in [-0.05, 0) is 18.9 Å². The predicted octanol–water partition coefficient (Wildman–Crippen LogP) is 1.07. The second-order valence-corrected chi connectivity index (χ2v) is 5.14. The molecule has 0 aliphatic rings. The zero-order valence-corrected chi connectivity index (χ0v) is 12.0. The zero-order valence-electron chi connectivity index (χ0n) is 12.0. The van der Waals surface area contributed by atoms with Crippen molar-refractivity contribution in [3.8, 4) is 0 Å². The van der Waals surface area contributed by atoms with Gasteiger partial charge < -0.3 is 15.4 Å². The normalized spacial score (nSPS) is 11.2. The van der Waals surface area contributed by atoms with Crippen molar-refractivity contribution >= 4 is 11.8 Å². The van der Waals surface area contributed by atoms with Crippen LogP contribution < -0.4 is 10.6 Å². The molecule has 0 unspecified atom stereocenters. The number of carbonyl (C=O) groups is 1. The van der Waals surface area contributed by atoms with Crippen LogP contribution in [-0.2, 0) is 4.74 Å². The van der Waals surface area contributed by atoms with Gasteiger partial charge in [-0.15, -0.1) is 0 Å². The number of methoxy groups -OCH3 is 1. The van der Waals surface area contributed by atoms with Crippen molar-refractivity contribution in [2.75, 3.05) is 31.6 Å². The van der Waals surface area contributed by atoms with Crippen molar-refractivity contribution in [1.29, 1.82) is 0 Å². The molecule has 1 rings (SSSR count). The van der Waals surface area contributed by atoms with E-state index < -0.39 is 5.97 Å². The summed E-state index contributed by atoms with van der Waals surface area (Å²) in [5.74, 6) is 0.176. The first kappa shape index (κ1) is 15.4. The summed E-state index contributed by atoms with van der Waals surface area (Å²) in [7, 11) is 1.33. The third-order valence-electron chi connectivity index (χ3n) is 2.89. The van der Waals surface area contributed by atoms with Gasteiger partial charge in [0.1, 0.15) is 5.82 Å².